The molecule has 16 heavy (non-hydrogen) atoms. The zero-order valence-electron chi connectivity index (χ0n) is 10.4. The van der Waals surface area contributed by atoms with Crippen LogP contribution < -0.4 is 5.73 Å². The molecule has 2 N–H and O–H groups in total. The first-order valence-corrected chi connectivity index (χ1v) is 6.21. The summed E-state index contributed by atoms with van der Waals surface area (Å²) >= 11 is 0. The Balaban J connectivity index is 2.16. The van der Waals surface area contributed by atoms with Gasteiger partial charge in [-0.1, -0.05) is 31.2 Å². The maximum atomic E-state index is 6.51. The molecule has 1 aliphatic rings. The van der Waals surface area contributed by atoms with Gasteiger partial charge in [0.2, 0.25) is 0 Å². The fourth-order valence-corrected chi connectivity index (χ4v) is 2.38. The van der Waals surface area contributed by atoms with E-state index >= 15 is 0 Å². The third-order valence-corrected chi connectivity index (χ3v) is 3.82. The Morgan fingerprint density at radius 1 is 1.19 bits per heavy atom. The molecule has 1 aromatic carbocycles. The van der Waals surface area contributed by atoms with Gasteiger partial charge in [0.15, 0.2) is 0 Å². The van der Waals surface area contributed by atoms with E-state index in [1.807, 2.05) is 0 Å². The molecule has 1 heterocycles. The lowest BCUT2D eigenvalue weighted by molar-refractivity contribution is 0.191. The largest absolute Gasteiger partial charge is 0.321 e. The third kappa shape index (κ3) is 2.28. The predicted molar refractivity (Wildman–Crippen MR) is 68.4 cm³/mol. The topological polar surface area (TPSA) is 29.3 Å². The van der Waals surface area contributed by atoms with Crippen LogP contribution in [0, 0.1) is 0 Å². The van der Waals surface area contributed by atoms with E-state index in [1.54, 1.807) is 0 Å². The fourth-order valence-electron chi connectivity index (χ4n) is 2.38. The first kappa shape index (κ1) is 11.6. The van der Waals surface area contributed by atoms with E-state index < -0.39 is 0 Å². The van der Waals surface area contributed by atoms with Crippen molar-refractivity contribution in [1.82, 2.24) is 4.90 Å². The smallest absolute Gasteiger partial charge is 0.0434 e. The van der Waals surface area contributed by atoms with Gasteiger partial charge in [-0.2, -0.15) is 0 Å². The molecule has 1 saturated heterocycles. The highest BCUT2D eigenvalue weighted by Gasteiger charge is 2.30. The molecule has 0 atom stereocenters. The number of likely N-dealkylation sites (tertiary alicyclic amines) is 1. The van der Waals surface area contributed by atoms with Crippen LogP contribution in [-0.4, -0.2) is 25.0 Å². The van der Waals surface area contributed by atoms with Crippen LogP contribution in [0.4, 0.5) is 0 Å². The summed E-state index contributed by atoms with van der Waals surface area (Å²) in [5.41, 5.74) is 9.10. The molecular weight excluding hydrogens is 196 g/mol. The van der Waals surface area contributed by atoms with E-state index in [2.05, 4.69) is 43.1 Å². The summed E-state index contributed by atoms with van der Waals surface area (Å²) < 4.78 is 0. The molecule has 0 saturated carbocycles. The van der Waals surface area contributed by atoms with Crippen molar-refractivity contribution in [1.29, 1.82) is 0 Å². The number of rotatable bonds is 2. The molecule has 0 spiro atoms. The molecule has 0 amide bonds. The molecule has 2 nitrogen and oxygen atoms in total. The second-order valence-electron chi connectivity index (χ2n) is 5.01. The van der Waals surface area contributed by atoms with Crippen molar-refractivity contribution in [3.8, 4) is 0 Å². The third-order valence-electron chi connectivity index (χ3n) is 3.82. The molecule has 1 fully saturated rings. The number of hydrogen-bond donors (Lipinski definition) is 1. The number of benzene rings is 1. The Bertz CT molecular complexity index is 334. The Labute approximate surface area is 98.4 Å². The lowest BCUT2D eigenvalue weighted by Crippen LogP contribution is -2.46. The summed E-state index contributed by atoms with van der Waals surface area (Å²) in [6, 6.07) is 8.85. The van der Waals surface area contributed by atoms with Crippen molar-refractivity contribution in [3.05, 3.63) is 35.4 Å². The lowest BCUT2D eigenvalue weighted by Gasteiger charge is -2.38. The van der Waals surface area contributed by atoms with Gasteiger partial charge < -0.3 is 10.6 Å². The van der Waals surface area contributed by atoms with E-state index in [4.69, 9.17) is 5.73 Å². The second-order valence-corrected chi connectivity index (χ2v) is 5.01. The van der Waals surface area contributed by atoms with Crippen LogP contribution in [0.25, 0.3) is 0 Å². The summed E-state index contributed by atoms with van der Waals surface area (Å²) in [4.78, 5) is 2.35. The van der Waals surface area contributed by atoms with Crippen LogP contribution in [0.15, 0.2) is 24.3 Å². The van der Waals surface area contributed by atoms with Crippen LogP contribution in [0.1, 0.15) is 30.9 Å². The van der Waals surface area contributed by atoms with Crippen LogP contribution in [0.5, 0.6) is 0 Å². The number of nitrogens with two attached hydrogens (primary N) is 1. The molecule has 0 aliphatic carbocycles. The first-order valence-electron chi connectivity index (χ1n) is 6.21. The Morgan fingerprint density at radius 2 is 1.75 bits per heavy atom. The van der Waals surface area contributed by atoms with Gasteiger partial charge in [0.05, 0.1) is 0 Å². The van der Waals surface area contributed by atoms with Crippen LogP contribution in [0.3, 0.4) is 0 Å². The molecule has 2 heteroatoms. The van der Waals surface area contributed by atoms with Gasteiger partial charge in [0, 0.05) is 5.54 Å². The number of nitrogens with zero attached hydrogens (tertiary/aromatic N) is 1. The molecule has 1 aromatic rings. The monoisotopic (exact) mass is 218 g/mol. The van der Waals surface area contributed by atoms with Gasteiger partial charge in [-0.3, -0.25) is 0 Å². The molecule has 0 aromatic heterocycles. The van der Waals surface area contributed by atoms with Crippen molar-refractivity contribution >= 4 is 0 Å². The first-order chi connectivity index (χ1) is 7.64. The standard InChI is InChI=1S/C14H22N2/c1-3-12-4-6-13(7-5-12)14(15)8-10-16(2)11-9-14/h4-7H,3,8-11,15H2,1-2H3. The van der Waals surface area contributed by atoms with Crippen molar-refractivity contribution in [2.24, 2.45) is 5.73 Å². The number of hydrogen-bond acceptors (Lipinski definition) is 2. The molecule has 88 valence electrons. The lowest BCUT2D eigenvalue weighted by atomic mass is 9.82. The highest BCUT2D eigenvalue weighted by atomic mass is 15.1. The van der Waals surface area contributed by atoms with Gasteiger partial charge >= 0.3 is 0 Å². The van der Waals surface area contributed by atoms with Crippen molar-refractivity contribution in [3.63, 3.8) is 0 Å². The van der Waals surface area contributed by atoms with Crippen LogP contribution in [-0.2, 0) is 12.0 Å². The maximum absolute atomic E-state index is 6.51. The Kier molecular flexibility index (Phi) is 3.31. The Morgan fingerprint density at radius 3 is 2.25 bits per heavy atom. The minimum absolute atomic E-state index is 0.0984. The van der Waals surface area contributed by atoms with E-state index in [0.717, 1.165) is 32.4 Å². The van der Waals surface area contributed by atoms with E-state index in [0.29, 0.717) is 0 Å². The minimum atomic E-state index is -0.0984. The zero-order valence-corrected chi connectivity index (χ0v) is 10.4. The van der Waals surface area contributed by atoms with Gasteiger partial charge in [0.1, 0.15) is 0 Å². The van der Waals surface area contributed by atoms with Gasteiger partial charge in [-0.25, -0.2) is 0 Å². The highest BCUT2D eigenvalue weighted by molar-refractivity contribution is 5.29. The van der Waals surface area contributed by atoms with Gasteiger partial charge in [0.25, 0.3) is 0 Å². The summed E-state index contributed by atoms with van der Waals surface area (Å²) in [5.74, 6) is 0. The van der Waals surface area contributed by atoms with Crippen LogP contribution >= 0.6 is 0 Å². The maximum Gasteiger partial charge on any atom is 0.0434 e. The normalized spacial score (nSPS) is 20.9. The second kappa shape index (κ2) is 4.56. The average Bonchev–Trinajstić information content (AvgIpc) is 2.33. The van der Waals surface area contributed by atoms with Crippen molar-refractivity contribution < 1.29 is 0 Å². The summed E-state index contributed by atoms with van der Waals surface area (Å²) in [5, 5.41) is 0. The summed E-state index contributed by atoms with van der Waals surface area (Å²) in [7, 11) is 2.17. The number of aryl methyl sites for hydroxylation is 1. The van der Waals surface area contributed by atoms with E-state index in [9.17, 15) is 0 Å². The molecule has 2 rings (SSSR count). The quantitative estimate of drug-likeness (QED) is 0.824. The van der Waals surface area contributed by atoms with Crippen molar-refractivity contribution in [2.45, 2.75) is 31.7 Å². The highest BCUT2D eigenvalue weighted by Crippen LogP contribution is 2.29. The summed E-state index contributed by atoms with van der Waals surface area (Å²) in [6.07, 6.45) is 3.23. The molecular formula is C14H22N2. The van der Waals surface area contributed by atoms with Gasteiger partial charge in [-0.15, -0.1) is 0 Å². The average molecular weight is 218 g/mol. The molecule has 0 radical (unpaired) electrons. The van der Waals surface area contributed by atoms with Gasteiger partial charge in [-0.05, 0) is 50.5 Å². The van der Waals surface area contributed by atoms with E-state index in [1.165, 1.54) is 11.1 Å². The van der Waals surface area contributed by atoms with E-state index in [-0.39, 0.29) is 5.54 Å². The predicted octanol–water partition coefficient (Wildman–Crippen LogP) is 2.13. The zero-order chi connectivity index (χ0) is 11.6. The number of piperidine rings is 1. The molecule has 0 bridgehead atoms. The minimum Gasteiger partial charge on any atom is -0.321 e. The Hall–Kier alpha value is -0.860. The van der Waals surface area contributed by atoms with Crippen LogP contribution in [0.2, 0.25) is 0 Å². The fraction of sp³-hybridized carbons (Fsp3) is 0.571. The SMILES string of the molecule is CCc1ccc(C2(N)CCN(C)CC2)cc1. The molecule has 1 aliphatic heterocycles. The molecule has 0 unspecified atom stereocenters. The summed E-state index contributed by atoms with van der Waals surface area (Å²) in [6.45, 7) is 4.39. The van der Waals surface area contributed by atoms with Crippen molar-refractivity contribution in [2.75, 3.05) is 20.1 Å².